The van der Waals surface area contributed by atoms with Crippen LogP contribution in [0.15, 0.2) is 42.5 Å². The fourth-order valence-corrected chi connectivity index (χ4v) is 3.60. The predicted octanol–water partition coefficient (Wildman–Crippen LogP) is 3.23. The number of carbonyl (C=O) groups excluding carboxylic acids is 2. The maximum atomic E-state index is 13.2. The summed E-state index contributed by atoms with van der Waals surface area (Å²) >= 11 is 5.96. The lowest BCUT2D eigenvalue weighted by atomic mass is 10.1. The Kier molecular flexibility index (Phi) is 7.26. The smallest absolute Gasteiger partial charge is 0.262 e. The molecular weight excluding hydrogens is 402 g/mol. The van der Waals surface area contributed by atoms with E-state index < -0.39 is 0 Å². The number of benzene rings is 2. The zero-order chi connectivity index (χ0) is 21.7. The molecule has 0 atom stereocenters. The van der Waals surface area contributed by atoms with E-state index >= 15 is 0 Å². The Labute approximate surface area is 181 Å². The lowest BCUT2D eigenvalue weighted by Gasteiger charge is -2.08. The summed E-state index contributed by atoms with van der Waals surface area (Å²) in [5.41, 5.74) is 9.37. The third kappa shape index (κ3) is 4.90. The van der Waals surface area contributed by atoms with Crippen LogP contribution in [0.4, 0.5) is 0 Å². The molecule has 3 rings (SSSR count). The van der Waals surface area contributed by atoms with Crippen molar-refractivity contribution in [2.45, 2.75) is 20.3 Å². The van der Waals surface area contributed by atoms with Crippen LogP contribution in [0, 0.1) is 13.8 Å². The van der Waals surface area contributed by atoms with E-state index in [4.69, 9.17) is 22.1 Å². The minimum Gasteiger partial charge on any atom is -0.378 e. The van der Waals surface area contributed by atoms with Crippen LogP contribution in [0.2, 0.25) is 5.02 Å². The molecule has 0 aliphatic carbocycles. The monoisotopic (exact) mass is 427 g/mol. The van der Waals surface area contributed by atoms with E-state index in [-0.39, 0.29) is 18.2 Å². The van der Waals surface area contributed by atoms with Gasteiger partial charge in [-0.3, -0.25) is 14.2 Å². The normalized spacial score (nSPS) is 11.1. The van der Waals surface area contributed by atoms with Crippen molar-refractivity contribution in [1.29, 1.82) is 0 Å². The number of hydrogen-bond donors (Lipinski definition) is 2. The highest BCUT2D eigenvalue weighted by Gasteiger charge is 2.21. The first-order valence-electron chi connectivity index (χ1n) is 9.87. The number of ether oxygens (including phenoxy) is 1. The summed E-state index contributed by atoms with van der Waals surface area (Å²) in [5, 5.41) is 4.34. The van der Waals surface area contributed by atoms with Crippen molar-refractivity contribution in [3.05, 3.63) is 69.9 Å². The summed E-state index contributed by atoms with van der Waals surface area (Å²) in [4.78, 5) is 25.8. The van der Waals surface area contributed by atoms with Gasteiger partial charge in [-0.25, -0.2) is 0 Å². The highest BCUT2D eigenvalue weighted by molar-refractivity contribution is 6.30. The van der Waals surface area contributed by atoms with Gasteiger partial charge in [0.15, 0.2) is 0 Å². The van der Waals surface area contributed by atoms with Gasteiger partial charge in [-0.2, -0.15) is 0 Å². The standard InChI is InChI=1S/C23H26ClN3O3/c1-15-3-8-21-20(13-15)19(14-22(28)26-10-12-30-11-9-25)16(2)27(21)23(29)17-4-6-18(24)7-5-17/h3-8,13H,9-12,14,25H2,1-2H3,(H,26,28). The topological polar surface area (TPSA) is 86.3 Å². The van der Waals surface area contributed by atoms with Crippen molar-refractivity contribution in [3.8, 4) is 0 Å². The highest BCUT2D eigenvalue weighted by Crippen LogP contribution is 2.28. The lowest BCUT2D eigenvalue weighted by Crippen LogP contribution is -2.29. The van der Waals surface area contributed by atoms with Gasteiger partial charge in [-0.05, 0) is 55.8 Å². The molecule has 0 saturated carbocycles. The SMILES string of the molecule is Cc1ccc2c(c1)c(CC(=O)NCCOCCN)c(C)n2C(=O)c1ccc(Cl)cc1. The van der Waals surface area contributed by atoms with E-state index in [1.807, 2.05) is 32.0 Å². The first-order valence-corrected chi connectivity index (χ1v) is 10.3. The summed E-state index contributed by atoms with van der Waals surface area (Å²) < 4.78 is 6.96. The maximum absolute atomic E-state index is 13.2. The average molecular weight is 428 g/mol. The number of aryl methyl sites for hydroxylation is 1. The van der Waals surface area contributed by atoms with Gasteiger partial charge in [0.25, 0.3) is 5.91 Å². The minimum absolute atomic E-state index is 0.117. The number of amides is 1. The highest BCUT2D eigenvalue weighted by atomic mass is 35.5. The van der Waals surface area contributed by atoms with Gasteiger partial charge in [-0.1, -0.05) is 23.2 Å². The van der Waals surface area contributed by atoms with Crippen LogP contribution in [-0.2, 0) is 16.0 Å². The molecule has 0 radical (unpaired) electrons. The van der Waals surface area contributed by atoms with E-state index in [1.54, 1.807) is 28.8 Å². The van der Waals surface area contributed by atoms with Crippen LogP contribution in [0.1, 0.15) is 27.2 Å². The molecule has 0 fully saturated rings. The summed E-state index contributed by atoms with van der Waals surface area (Å²) in [6, 6.07) is 12.7. The molecule has 1 amide bonds. The van der Waals surface area contributed by atoms with Crippen molar-refractivity contribution in [1.82, 2.24) is 9.88 Å². The number of halogens is 1. The average Bonchev–Trinajstić information content (AvgIpc) is 2.99. The quantitative estimate of drug-likeness (QED) is 0.540. The second kappa shape index (κ2) is 9.89. The van der Waals surface area contributed by atoms with Crippen LogP contribution in [-0.4, -0.2) is 42.7 Å². The lowest BCUT2D eigenvalue weighted by molar-refractivity contribution is -0.120. The van der Waals surface area contributed by atoms with E-state index in [1.165, 1.54) is 0 Å². The van der Waals surface area contributed by atoms with Crippen molar-refractivity contribution >= 4 is 34.3 Å². The molecule has 0 bridgehead atoms. The molecule has 158 valence electrons. The van der Waals surface area contributed by atoms with E-state index in [2.05, 4.69) is 5.32 Å². The summed E-state index contributed by atoms with van der Waals surface area (Å²) in [6.07, 6.45) is 0.184. The molecule has 0 aliphatic rings. The molecular formula is C23H26ClN3O3. The van der Waals surface area contributed by atoms with Crippen molar-refractivity contribution in [2.24, 2.45) is 5.73 Å². The van der Waals surface area contributed by atoms with E-state index in [9.17, 15) is 9.59 Å². The Morgan fingerprint density at radius 2 is 1.83 bits per heavy atom. The number of carbonyl (C=O) groups is 2. The molecule has 6 nitrogen and oxygen atoms in total. The van der Waals surface area contributed by atoms with Gasteiger partial charge < -0.3 is 15.8 Å². The molecule has 30 heavy (non-hydrogen) atoms. The van der Waals surface area contributed by atoms with Crippen molar-refractivity contribution < 1.29 is 14.3 Å². The largest absolute Gasteiger partial charge is 0.378 e. The van der Waals surface area contributed by atoms with Crippen LogP contribution in [0.25, 0.3) is 10.9 Å². The number of nitrogens with two attached hydrogens (primary N) is 1. The minimum atomic E-state index is -0.153. The Balaban J connectivity index is 1.90. The zero-order valence-electron chi connectivity index (χ0n) is 17.2. The third-order valence-electron chi connectivity index (χ3n) is 4.95. The number of hydrogen-bond acceptors (Lipinski definition) is 4. The van der Waals surface area contributed by atoms with E-state index in [0.29, 0.717) is 36.9 Å². The van der Waals surface area contributed by atoms with Crippen LogP contribution in [0.3, 0.4) is 0 Å². The number of rotatable bonds is 8. The third-order valence-corrected chi connectivity index (χ3v) is 5.20. The van der Waals surface area contributed by atoms with Crippen molar-refractivity contribution in [2.75, 3.05) is 26.3 Å². The number of aromatic nitrogens is 1. The molecule has 1 heterocycles. The molecule has 0 aliphatic heterocycles. The Bertz CT molecular complexity index is 1060. The van der Waals surface area contributed by atoms with Crippen LogP contribution < -0.4 is 11.1 Å². The second-order valence-electron chi connectivity index (χ2n) is 7.16. The predicted molar refractivity (Wildman–Crippen MR) is 119 cm³/mol. The number of nitrogens with one attached hydrogen (secondary N) is 1. The van der Waals surface area contributed by atoms with Gasteiger partial charge >= 0.3 is 0 Å². The Hall–Kier alpha value is -2.67. The second-order valence-corrected chi connectivity index (χ2v) is 7.60. The van der Waals surface area contributed by atoms with Gasteiger partial charge in [-0.15, -0.1) is 0 Å². The van der Waals surface area contributed by atoms with Gasteiger partial charge in [0.2, 0.25) is 5.91 Å². The molecule has 7 heteroatoms. The van der Waals surface area contributed by atoms with Crippen molar-refractivity contribution in [3.63, 3.8) is 0 Å². The Morgan fingerprint density at radius 1 is 1.10 bits per heavy atom. The number of fused-ring (bicyclic) bond motifs is 1. The molecule has 1 aromatic heterocycles. The fourth-order valence-electron chi connectivity index (χ4n) is 3.47. The Morgan fingerprint density at radius 3 is 2.53 bits per heavy atom. The molecule has 2 aromatic carbocycles. The first kappa shape index (κ1) is 22.0. The molecule has 0 saturated heterocycles. The zero-order valence-corrected chi connectivity index (χ0v) is 18.0. The molecule has 3 aromatic rings. The molecule has 3 N–H and O–H groups in total. The molecule has 0 spiro atoms. The van der Waals surface area contributed by atoms with Gasteiger partial charge in [0, 0.05) is 34.8 Å². The number of nitrogens with zero attached hydrogens (tertiary/aromatic N) is 1. The van der Waals surface area contributed by atoms with E-state index in [0.717, 1.165) is 27.7 Å². The summed E-state index contributed by atoms with van der Waals surface area (Å²) in [6.45, 7) is 5.61. The first-order chi connectivity index (χ1) is 14.4. The van der Waals surface area contributed by atoms with Crippen LogP contribution >= 0.6 is 11.6 Å². The van der Waals surface area contributed by atoms with Gasteiger partial charge in [0.1, 0.15) is 0 Å². The van der Waals surface area contributed by atoms with Crippen LogP contribution in [0.5, 0.6) is 0 Å². The summed E-state index contributed by atoms with van der Waals surface area (Å²) in [5.74, 6) is -0.270. The maximum Gasteiger partial charge on any atom is 0.262 e. The molecule has 0 unspecified atom stereocenters. The fraction of sp³-hybridized carbons (Fsp3) is 0.304. The summed E-state index contributed by atoms with van der Waals surface area (Å²) in [7, 11) is 0. The van der Waals surface area contributed by atoms with Gasteiger partial charge in [0.05, 0.1) is 25.2 Å².